The van der Waals surface area contributed by atoms with Gasteiger partial charge in [-0.25, -0.2) is 0 Å². The maximum atomic E-state index is 5.68. The molecule has 122 valence electrons. The second-order valence-corrected chi connectivity index (χ2v) is 8.31. The number of hydrogen-bond donors (Lipinski definition) is 1. The van der Waals surface area contributed by atoms with Gasteiger partial charge in [-0.3, -0.25) is 4.90 Å². The molecule has 3 rings (SSSR count). The van der Waals surface area contributed by atoms with Gasteiger partial charge in [-0.2, -0.15) is 0 Å². The van der Waals surface area contributed by atoms with Gasteiger partial charge in [-0.05, 0) is 52.4 Å². The second kappa shape index (κ2) is 6.17. The van der Waals surface area contributed by atoms with Crippen molar-refractivity contribution in [3.63, 3.8) is 0 Å². The van der Waals surface area contributed by atoms with E-state index in [0.717, 1.165) is 12.6 Å². The first-order valence-corrected chi connectivity index (χ1v) is 9.09. The van der Waals surface area contributed by atoms with Crippen LogP contribution in [0.15, 0.2) is 0 Å². The molecule has 1 heterocycles. The average molecular weight is 294 g/mol. The fourth-order valence-corrected chi connectivity index (χ4v) is 4.91. The Balaban J connectivity index is 1.73. The van der Waals surface area contributed by atoms with Gasteiger partial charge in [0.05, 0.1) is 6.10 Å². The van der Waals surface area contributed by atoms with Crippen LogP contribution in [0, 0.1) is 0 Å². The fourth-order valence-electron chi connectivity index (χ4n) is 4.91. The van der Waals surface area contributed by atoms with Crippen molar-refractivity contribution in [1.82, 2.24) is 10.2 Å². The SMILES string of the molecule is COC1CCCC(N2CC3(CCCCC3)NCC2(C)C)C1. The molecule has 0 radical (unpaired) electrons. The van der Waals surface area contributed by atoms with Gasteiger partial charge in [-0.15, -0.1) is 0 Å². The number of nitrogens with one attached hydrogen (secondary N) is 1. The van der Waals surface area contributed by atoms with Crippen molar-refractivity contribution in [1.29, 1.82) is 0 Å². The van der Waals surface area contributed by atoms with Crippen LogP contribution < -0.4 is 5.32 Å². The summed E-state index contributed by atoms with van der Waals surface area (Å²) in [7, 11) is 1.89. The lowest BCUT2D eigenvalue weighted by molar-refractivity contribution is -0.0525. The normalized spacial score (nSPS) is 36.7. The van der Waals surface area contributed by atoms with Crippen LogP contribution in [-0.2, 0) is 4.74 Å². The zero-order chi connectivity index (χ0) is 14.9. The van der Waals surface area contributed by atoms with Crippen molar-refractivity contribution in [3.8, 4) is 0 Å². The molecule has 3 fully saturated rings. The number of nitrogens with zero attached hydrogens (tertiary/aromatic N) is 1. The minimum Gasteiger partial charge on any atom is -0.381 e. The van der Waals surface area contributed by atoms with E-state index in [4.69, 9.17) is 4.74 Å². The maximum Gasteiger partial charge on any atom is 0.0586 e. The minimum atomic E-state index is 0.281. The highest BCUT2D eigenvalue weighted by molar-refractivity contribution is 5.05. The summed E-state index contributed by atoms with van der Waals surface area (Å²) in [4.78, 5) is 2.85. The molecule has 0 aromatic carbocycles. The molecule has 1 saturated heterocycles. The number of methoxy groups -OCH3 is 1. The van der Waals surface area contributed by atoms with Gasteiger partial charge in [0.1, 0.15) is 0 Å². The predicted molar refractivity (Wildman–Crippen MR) is 87.7 cm³/mol. The summed E-state index contributed by atoms with van der Waals surface area (Å²) in [6.07, 6.45) is 12.7. The molecule has 21 heavy (non-hydrogen) atoms. The van der Waals surface area contributed by atoms with E-state index in [1.807, 2.05) is 7.11 Å². The molecule has 2 saturated carbocycles. The second-order valence-electron chi connectivity index (χ2n) is 8.31. The molecular weight excluding hydrogens is 260 g/mol. The zero-order valence-electron chi connectivity index (χ0n) is 14.3. The molecule has 3 heteroatoms. The van der Waals surface area contributed by atoms with Crippen LogP contribution in [0.25, 0.3) is 0 Å². The fraction of sp³-hybridized carbons (Fsp3) is 1.00. The molecule has 0 bridgehead atoms. The molecule has 2 atom stereocenters. The van der Waals surface area contributed by atoms with Gasteiger partial charge >= 0.3 is 0 Å². The zero-order valence-corrected chi connectivity index (χ0v) is 14.3. The molecule has 1 N–H and O–H groups in total. The molecule has 2 aliphatic carbocycles. The van der Waals surface area contributed by atoms with Gasteiger partial charge < -0.3 is 10.1 Å². The monoisotopic (exact) mass is 294 g/mol. The highest BCUT2D eigenvalue weighted by atomic mass is 16.5. The maximum absolute atomic E-state index is 5.68. The van der Waals surface area contributed by atoms with Crippen molar-refractivity contribution in [3.05, 3.63) is 0 Å². The van der Waals surface area contributed by atoms with Gasteiger partial charge in [-0.1, -0.05) is 19.3 Å². The topological polar surface area (TPSA) is 24.5 Å². The summed E-state index contributed by atoms with van der Waals surface area (Å²) in [5.74, 6) is 0. The average Bonchev–Trinajstić information content (AvgIpc) is 2.51. The van der Waals surface area contributed by atoms with Gasteiger partial charge in [0.25, 0.3) is 0 Å². The third-order valence-electron chi connectivity index (χ3n) is 6.33. The van der Waals surface area contributed by atoms with E-state index in [1.54, 1.807) is 0 Å². The lowest BCUT2D eigenvalue weighted by Gasteiger charge is -2.57. The standard InChI is InChI=1S/C18H34N2O/c1-17(2)13-19-18(10-5-4-6-11-18)14-20(17)15-8-7-9-16(12-15)21-3/h15-16,19H,4-14H2,1-3H3. The van der Waals surface area contributed by atoms with Crippen molar-refractivity contribution >= 4 is 0 Å². The Morgan fingerprint density at radius 2 is 1.81 bits per heavy atom. The summed E-state index contributed by atoms with van der Waals surface area (Å²) in [6.45, 7) is 7.24. The Kier molecular flexibility index (Phi) is 4.63. The van der Waals surface area contributed by atoms with Crippen molar-refractivity contribution < 1.29 is 4.74 Å². The van der Waals surface area contributed by atoms with Gasteiger partial charge in [0.15, 0.2) is 0 Å². The third kappa shape index (κ3) is 3.30. The Hall–Kier alpha value is -0.120. The van der Waals surface area contributed by atoms with E-state index in [9.17, 15) is 0 Å². The summed E-state index contributed by atoms with van der Waals surface area (Å²) in [6, 6.07) is 0.722. The van der Waals surface area contributed by atoms with Crippen molar-refractivity contribution in [2.75, 3.05) is 20.2 Å². The van der Waals surface area contributed by atoms with Crippen molar-refractivity contribution in [2.24, 2.45) is 0 Å². The van der Waals surface area contributed by atoms with E-state index < -0.39 is 0 Å². The quantitative estimate of drug-likeness (QED) is 0.845. The van der Waals surface area contributed by atoms with Crippen LogP contribution in [0.1, 0.15) is 71.6 Å². The Morgan fingerprint density at radius 1 is 1.05 bits per heavy atom. The van der Waals surface area contributed by atoms with Crippen LogP contribution in [-0.4, -0.2) is 48.3 Å². The Morgan fingerprint density at radius 3 is 2.52 bits per heavy atom. The Labute approximate surface area is 130 Å². The third-order valence-corrected chi connectivity index (χ3v) is 6.33. The predicted octanol–water partition coefficient (Wildman–Crippen LogP) is 3.33. The lowest BCUT2D eigenvalue weighted by Crippen LogP contribution is -2.70. The van der Waals surface area contributed by atoms with Crippen molar-refractivity contribution in [2.45, 2.75) is 94.9 Å². The molecule has 0 amide bonds. The summed E-state index contributed by atoms with van der Waals surface area (Å²) >= 11 is 0. The van der Waals surface area contributed by atoms with E-state index in [2.05, 4.69) is 24.1 Å². The molecule has 3 nitrogen and oxygen atoms in total. The summed E-state index contributed by atoms with van der Waals surface area (Å²) < 4.78 is 5.68. The van der Waals surface area contributed by atoms with Crippen LogP contribution >= 0.6 is 0 Å². The first-order valence-electron chi connectivity index (χ1n) is 9.09. The number of hydrogen-bond acceptors (Lipinski definition) is 3. The van der Waals surface area contributed by atoms with E-state index >= 15 is 0 Å². The Bertz CT molecular complexity index is 349. The molecule has 1 aliphatic heterocycles. The first kappa shape index (κ1) is 15.8. The molecule has 0 aromatic rings. The molecule has 0 aromatic heterocycles. The molecule has 2 unspecified atom stereocenters. The number of rotatable bonds is 2. The molecule has 1 spiro atoms. The minimum absolute atomic E-state index is 0.281. The largest absolute Gasteiger partial charge is 0.381 e. The first-order chi connectivity index (χ1) is 10.0. The lowest BCUT2D eigenvalue weighted by atomic mass is 9.76. The number of piperazine rings is 1. The highest BCUT2D eigenvalue weighted by Gasteiger charge is 2.46. The van der Waals surface area contributed by atoms with E-state index in [1.165, 1.54) is 64.3 Å². The summed E-state index contributed by atoms with van der Waals surface area (Å²) in [5.41, 5.74) is 0.691. The van der Waals surface area contributed by atoms with Crippen LogP contribution in [0.5, 0.6) is 0 Å². The van der Waals surface area contributed by atoms with E-state index in [0.29, 0.717) is 11.6 Å². The van der Waals surface area contributed by atoms with Gasteiger partial charge in [0.2, 0.25) is 0 Å². The van der Waals surface area contributed by atoms with Crippen LogP contribution in [0.2, 0.25) is 0 Å². The smallest absolute Gasteiger partial charge is 0.0586 e. The molecular formula is C18H34N2O. The van der Waals surface area contributed by atoms with Crippen LogP contribution in [0.4, 0.5) is 0 Å². The van der Waals surface area contributed by atoms with Crippen LogP contribution in [0.3, 0.4) is 0 Å². The number of ether oxygens (including phenoxy) is 1. The molecule has 3 aliphatic rings. The van der Waals surface area contributed by atoms with E-state index in [-0.39, 0.29) is 5.54 Å². The highest BCUT2D eigenvalue weighted by Crippen LogP contribution is 2.38. The van der Waals surface area contributed by atoms with Gasteiger partial charge in [0, 0.05) is 37.3 Å². The summed E-state index contributed by atoms with van der Waals surface area (Å²) in [5, 5.41) is 3.95.